The molecule has 22 heavy (non-hydrogen) atoms. The summed E-state index contributed by atoms with van der Waals surface area (Å²) in [5.74, 6) is 0. The Morgan fingerprint density at radius 2 is 2.18 bits per heavy atom. The number of rotatable bonds is 5. The Hall–Kier alpha value is -1.52. The zero-order chi connectivity index (χ0) is 16.4. The molecule has 1 aliphatic rings. The Morgan fingerprint density at radius 3 is 2.77 bits per heavy atom. The van der Waals surface area contributed by atoms with E-state index in [-0.39, 0.29) is 0 Å². The summed E-state index contributed by atoms with van der Waals surface area (Å²) in [7, 11) is 1.44. The van der Waals surface area contributed by atoms with E-state index in [0.29, 0.717) is 5.56 Å². The van der Waals surface area contributed by atoms with Crippen LogP contribution in [0.3, 0.4) is 0 Å². The maximum absolute atomic E-state index is 11.9. The van der Waals surface area contributed by atoms with E-state index in [9.17, 15) is 19.8 Å². The topological polar surface area (TPSA) is 123 Å². The molecule has 124 valence electrons. The predicted octanol–water partition coefficient (Wildman–Crippen LogP) is -1.53. The highest BCUT2D eigenvalue weighted by molar-refractivity contribution is 5.03. The lowest BCUT2D eigenvalue weighted by Gasteiger charge is -2.23. The fraction of sp³-hybridized carbons (Fsp3) is 0.692. The number of nitrogens with zero attached hydrogens (tertiary/aromatic N) is 1. The molecule has 1 saturated heterocycles. The summed E-state index contributed by atoms with van der Waals surface area (Å²) in [5, 5.41) is 19.7. The van der Waals surface area contributed by atoms with Crippen LogP contribution < -0.4 is 11.2 Å². The van der Waals surface area contributed by atoms with Gasteiger partial charge in [0.1, 0.15) is 18.3 Å². The van der Waals surface area contributed by atoms with Crippen molar-refractivity contribution >= 4 is 0 Å². The molecule has 0 radical (unpaired) electrons. The Balaban J connectivity index is 2.32. The second kappa shape index (κ2) is 6.71. The van der Waals surface area contributed by atoms with Gasteiger partial charge < -0.3 is 24.4 Å². The maximum Gasteiger partial charge on any atom is 0.330 e. The van der Waals surface area contributed by atoms with Gasteiger partial charge in [0.05, 0.1) is 6.61 Å². The van der Waals surface area contributed by atoms with Gasteiger partial charge in [-0.15, -0.1) is 0 Å². The van der Waals surface area contributed by atoms with Crippen LogP contribution in [0.4, 0.5) is 0 Å². The highest BCUT2D eigenvalue weighted by atomic mass is 16.7. The van der Waals surface area contributed by atoms with Crippen LogP contribution in [0.1, 0.15) is 18.7 Å². The van der Waals surface area contributed by atoms with Crippen molar-refractivity contribution in [1.82, 2.24) is 9.55 Å². The molecule has 1 aromatic rings. The fourth-order valence-electron chi connectivity index (χ4n) is 2.32. The van der Waals surface area contributed by atoms with Gasteiger partial charge in [-0.3, -0.25) is 14.3 Å². The minimum atomic E-state index is -1.21. The molecule has 2 heterocycles. The molecule has 1 fully saturated rings. The van der Waals surface area contributed by atoms with Crippen LogP contribution in [-0.2, 0) is 14.2 Å². The van der Waals surface area contributed by atoms with E-state index in [4.69, 9.17) is 14.2 Å². The zero-order valence-corrected chi connectivity index (χ0v) is 12.6. The van der Waals surface area contributed by atoms with Crippen molar-refractivity contribution in [3.8, 4) is 0 Å². The van der Waals surface area contributed by atoms with E-state index >= 15 is 0 Å². The number of nitrogens with one attached hydrogen (secondary N) is 1. The van der Waals surface area contributed by atoms with Gasteiger partial charge in [-0.1, -0.05) is 0 Å². The van der Waals surface area contributed by atoms with Crippen molar-refractivity contribution in [2.45, 2.75) is 44.7 Å². The molecule has 0 aromatic carbocycles. The molecule has 0 spiro atoms. The van der Waals surface area contributed by atoms with E-state index in [0.717, 1.165) is 4.57 Å². The highest BCUT2D eigenvalue weighted by Gasteiger charge is 2.46. The number of ether oxygens (including phenoxy) is 3. The summed E-state index contributed by atoms with van der Waals surface area (Å²) < 4.78 is 17.0. The lowest BCUT2D eigenvalue weighted by atomic mass is 10.1. The molecule has 0 saturated carbocycles. The largest absolute Gasteiger partial charge is 0.394 e. The second-order valence-corrected chi connectivity index (χ2v) is 5.12. The van der Waals surface area contributed by atoms with E-state index in [1.165, 1.54) is 20.2 Å². The number of aromatic amines is 1. The second-order valence-electron chi connectivity index (χ2n) is 5.12. The van der Waals surface area contributed by atoms with Crippen LogP contribution in [0.2, 0.25) is 0 Å². The van der Waals surface area contributed by atoms with Gasteiger partial charge in [0.25, 0.3) is 5.56 Å². The molecule has 5 atom stereocenters. The van der Waals surface area contributed by atoms with Crippen LogP contribution in [0.25, 0.3) is 0 Å². The number of aliphatic hydroxyl groups excluding tert-OH is 2. The first kappa shape index (κ1) is 16.8. The number of H-pyrrole nitrogens is 1. The van der Waals surface area contributed by atoms with Gasteiger partial charge >= 0.3 is 5.69 Å². The number of methoxy groups -OCH3 is 1. The quantitative estimate of drug-likeness (QED) is 0.563. The Kier molecular flexibility index (Phi) is 5.14. The lowest BCUT2D eigenvalue weighted by molar-refractivity contribution is -0.175. The van der Waals surface area contributed by atoms with Crippen molar-refractivity contribution in [3.05, 3.63) is 32.6 Å². The average molecular weight is 316 g/mol. The molecule has 9 nitrogen and oxygen atoms in total. The van der Waals surface area contributed by atoms with Crippen LogP contribution in [0, 0.1) is 6.92 Å². The standard InChI is InChI=1S/C13H20N2O7/c1-6-4-15(13(19)14-11(6)18)12-9(17)10(8(5-16)22-12)21-7(2)20-3/h4,7-10,12,16-17H,5H2,1-3H3,(H,14,18,19)/t7?,8-,9-,10-,12-/m1/s1. The van der Waals surface area contributed by atoms with Crippen molar-refractivity contribution in [1.29, 1.82) is 0 Å². The van der Waals surface area contributed by atoms with Crippen LogP contribution in [0.15, 0.2) is 15.8 Å². The van der Waals surface area contributed by atoms with Gasteiger partial charge in [0.2, 0.25) is 0 Å². The summed E-state index contributed by atoms with van der Waals surface area (Å²) >= 11 is 0. The van der Waals surface area contributed by atoms with Crippen LogP contribution in [-0.4, -0.2) is 58.1 Å². The molecule has 1 aliphatic heterocycles. The maximum atomic E-state index is 11.9. The third-order valence-corrected chi connectivity index (χ3v) is 3.59. The van der Waals surface area contributed by atoms with Gasteiger partial charge in [-0.2, -0.15) is 0 Å². The highest BCUT2D eigenvalue weighted by Crippen LogP contribution is 2.31. The van der Waals surface area contributed by atoms with Gasteiger partial charge in [0, 0.05) is 18.9 Å². The first-order valence-electron chi connectivity index (χ1n) is 6.83. The van der Waals surface area contributed by atoms with E-state index < -0.39 is 48.7 Å². The molecular weight excluding hydrogens is 296 g/mol. The Morgan fingerprint density at radius 1 is 1.50 bits per heavy atom. The monoisotopic (exact) mass is 316 g/mol. The van der Waals surface area contributed by atoms with E-state index in [1.807, 2.05) is 0 Å². The SMILES string of the molecule is COC(C)O[C@H]1[C@@H](O)[C@H](n2cc(C)c(=O)[nH]c2=O)O[C@@H]1CO. The molecule has 1 aromatic heterocycles. The van der Waals surface area contributed by atoms with Crippen LogP contribution in [0.5, 0.6) is 0 Å². The van der Waals surface area contributed by atoms with Crippen molar-refractivity contribution in [2.24, 2.45) is 0 Å². The molecule has 2 rings (SSSR count). The first-order valence-corrected chi connectivity index (χ1v) is 6.83. The van der Waals surface area contributed by atoms with Crippen molar-refractivity contribution in [2.75, 3.05) is 13.7 Å². The number of aryl methyl sites for hydroxylation is 1. The number of hydrogen-bond acceptors (Lipinski definition) is 7. The number of aliphatic hydroxyl groups is 2. The molecule has 3 N–H and O–H groups in total. The van der Waals surface area contributed by atoms with E-state index in [1.54, 1.807) is 6.92 Å². The minimum Gasteiger partial charge on any atom is -0.394 e. The lowest BCUT2D eigenvalue weighted by Crippen LogP contribution is -2.41. The van der Waals surface area contributed by atoms with E-state index in [2.05, 4.69) is 4.98 Å². The molecule has 9 heteroatoms. The molecule has 0 amide bonds. The molecule has 0 bridgehead atoms. The summed E-state index contributed by atoms with van der Waals surface area (Å²) in [6, 6.07) is 0. The normalized spacial score (nSPS) is 29.7. The third-order valence-electron chi connectivity index (χ3n) is 3.59. The van der Waals surface area contributed by atoms with Gasteiger partial charge in [-0.25, -0.2) is 4.79 Å². The van der Waals surface area contributed by atoms with Gasteiger partial charge in [-0.05, 0) is 13.8 Å². The Labute approximate surface area is 126 Å². The minimum absolute atomic E-state index is 0.297. The summed E-state index contributed by atoms with van der Waals surface area (Å²) in [5.41, 5.74) is -0.921. The third kappa shape index (κ3) is 3.13. The summed E-state index contributed by atoms with van der Waals surface area (Å²) in [6.45, 7) is 2.76. The first-order chi connectivity index (χ1) is 10.4. The zero-order valence-electron chi connectivity index (χ0n) is 12.6. The number of hydrogen-bond donors (Lipinski definition) is 3. The molecule has 0 aliphatic carbocycles. The Bertz CT molecular complexity index is 626. The smallest absolute Gasteiger partial charge is 0.330 e. The van der Waals surface area contributed by atoms with Crippen LogP contribution >= 0.6 is 0 Å². The molecular formula is C13H20N2O7. The van der Waals surface area contributed by atoms with Gasteiger partial charge in [0.15, 0.2) is 12.5 Å². The molecule has 1 unspecified atom stereocenters. The summed E-state index contributed by atoms with van der Waals surface area (Å²) in [6.07, 6.45) is -3.30. The number of aromatic nitrogens is 2. The van der Waals surface area contributed by atoms with Crippen molar-refractivity contribution in [3.63, 3.8) is 0 Å². The average Bonchev–Trinajstić information content (AvgIpc) is 2.79. The fourth-order valence-corrected chi connectivity index (χ4v) is 2.32. The predicted molar refractivity (Wildman–Crippen MR) is 74.4 cm³/mol. The summed E-state index contributed by atoms with van der Waals surface area (Å²) in [4.78, 5) is 25.4. The van der Waals surface area contributed by atoms with Crippen molar-refractivity contribution < 1.29 is 24.4 Å².